The maximum atomic E-state index is 15.4. The average Bonchev–Trinajstić information content (AvgIpc) is 3.43. The van der Waals surface area contributed by atoms with E-state index >= 15 is 4.39 Å². The number of pyridine rings is 1. The van der Waals surface area contributed by atoms with Crippen LogP contribution in [0.2, 0.25) is 0 Å². The van der Waals surface area contributed by atoms with Crippen molar-refractivity contribution in [2.75, 3.05) is 39.0 Å². The molecular weight excluding hydrogens is 541 g/mol. The van der Waals surface area contributed by atoms with Gasteiger partial charge in [0.1, 0.15) is 22.9 Å². The number of carbonyl (C=O) groups excluding carboxylic acids is 1. The highest BCUT2D eigenvalue weighted by Crippen LogP contribution is 2.37. The second kappa shape index (κ2) is 12.5. The number of rotatable bonds is 9. The summed E-state index contributed by atoms with van der Waals surface area (Å²) in [7, 11) is 3.05. The predicted octanol–water partition coefficient (Wildman–Crippen LogP) is 5.70. The first kappa shape index (κ1) is 29.5. The Morgan fingerprint density at radius 2 is 1.86 bits per heavy atom. The van der Waals surface area contributed by atoms with Crippen molar-refractivity contribution < 1.29 is 28.1 Å². The number of benzene rings is 1. The largest absolute Gasteiger partial charge is 0.495 e. The zero-order chi connectivity index (χ0) is 29.9. The van der Waals surface area contributed by atoms with Crippen LogP contribution in [0, 0.1) is 5.82 Å². The molecule has 1 atom stereocenters. The van der Waals surface area contributed by atoms with Crippen molar-refractivity contribution in [1.29, 1.82) is 0 Å². The van der Waals surface area contributed by atoms with Gasteiger partial charge in [-0.2, -0.15) is 0 Å². The van der Waals surface area contributed by atoms with Crippen LogP contribution in [0.1, 0.15) is 46.5 Å². The van der Waals surface area contributed by atoms with Crippen LogP contribution < -0.4 is 14.4 Å². The van der Waals surface area contributed by atoms with Gasteiger partial charge in [-0.3, -0.25) is 4.98 Å². The normalized spacial score (nSPS) is 17.1. The van der Waals surface area contributed by atoms with Crippen molar-refractivity contribution in [3.05, 3.63) is 48.5 Å². The third-order valence-electron chi connectivity index (χ3n) is 7.54. The maximum absolute atomic E-state index is 15.4. The third-order valence-corrected chi connectivity index (χ3v) is 7.54. The molecule has 2 aliphatic rings. The molecule has 3 aromatic rings. The van der Waals surface area contributed by atoms with Gasteiger partial charge in [0.25, 0.3) is 0 Å². The molecule has 5 rings (SSSR count). The summed E-state index contributed by atoms with van der Waals surface area (Å²) in [5.74, 6) is 1.14. The first-order valence-electron chi connectivity index (χ1n) is 14.2. The minimum Gasteiger partial charge on any atom is -0.495 e. The highest BCUT2D eigenvalue weighted by atomic mass is 19.1. The average molecular weight is 580 g/mol. The van der Waals surface area contributed by atoms with Gasteiger partial charge in [-0.25, -0.2) is 9.18 Å². The van der Waals surface area contributed by atoms with Crippen LogP contribution >= 0.6 is 0 Å². The number of ether oxygens (including phenoxy) is 4. The van der Waals surface area contributed by atoms with Crippen LogP contribution in [-0.2, 0) is 9.47 Å². The Kier molecular flexibility index (Phi) is 8.77. The molecule has 3 heterocycles. The number of methoxy groups -OCH3 is 2. The summed E-state index contributed by atoms with van der Waals surface area (Å²) >= 11 is 0. The summed E-state index contributed by atoms with van der Waals surface area (Å²) in [6.07, 6.45) is 6.82. The summed E-state index contributed by atoms with van der Waals surface area (Å²) in [5, 5.41) is 8.91. The molecule has 1 aliphatic carbocycles. The molecular formula is C31H38FN5O5. The van der Waals surface area contributed by atoms with Gasteiger partial charge >= 0.3 is 6.09 Å². The summed E-state index contributed by atoms with van der Waals surface area (Å²) in [6.45, 7) is 7.04. The van der Waals surface area contributed by atoms with Crippen molar-refractivity contribution in [1.82, 2.24) is 20.1 Å². The molecule has 11 heteroatoms. The summed E-state index contributed by atoms with van der Waals surface area (Å²) in [6, 6.07) is 8.61. The first-order valence-corrected chi connectivity index (χ1v) is 14.2. The standard InChI is InChI=1S/C31H38FN5O5/c1-31(2,3)42-30(38)37(21-7-6-8-21)22-11-12-36(18-22)29-10-9-27(34-35-29)25-14-26(32)24(15-28(25)41-19-39-4)20-13-23(40-5)17-33-16-20/h9-10,13-17,21-22H,6-8,11-12,18-19H2,1-5H3/t22-/m0/s1. The number of anilines is 1. The fourth-order valence-corrected chi connectivity index (χ4v) is 5.28. The predicted molar refractivity (Wildman–Crippen MR) is 156 cm³/mol. The number of amides is 1. The fourth-order valence-electron chi connectivity index (χ4n) is 5.28. The highest BCUT2D eigenvalue weighted by Gasteiger charge is 2.40. The van der Waals surface area contributed by atoms with E-state index in [4.69, 9.17) is 18.9 Å². The zero-order valence-corrected chi connectivity index (χ0v) is 24.8. The summed E-state index contributed by atoms with van der Waals surface area (Å²) < 4.78 is 37.3. The van der Waals surface area contributed by atoms with Crippen LogP contribution in [0.4, 0.5) is 15.0 Å². The van der Waals surface area contributed by atoms with E-state index in [9.17, 15) is 4.79 Å². The maximum Gasteiger partial charge on any atom is 0.410 e. The lowest BCUT2D eigenvalue weighted by Crippen LogP contribution is -2.52. The van der Waals surface area contributed by atoms with Crippen molar-refractivity contribution >= 4 is 11.9 Å². The van der Waals surface area contributed by atoms with Crippen LogP contribution in [0.5, 0.6) is 11.5 Å². The Bertz CT molecular complexity index is 1390. The molecule has 1 amide bonds. The van der Waals surface area contributed by atoms with Crippen molar-refractivity contribution in [2.24, 2.45) is 0 Å². The molecule has 1 aliphatic heterocycles. The first-order chi connectivity index (χ1) is 20.2. The molecule has 0 bridgehead atoms. The van der Waals surface area contributed by atoms with E-state index in [0.29, 0.717) is 46.2 Å². The Balaban J connectivity index is 1.36. The molecule has 2 aromatic heterocycles. The Labute approximate surface area is 245 Å². The van der Waals surface area contributed by atoms with Gasteiger partial charge in [0.05, 0.1) is 25.0 Å². The van der Waals surface area contributed by atoms with E-state index in [0.717, 1.165) is 32.2 Å². The smallest absolute Gasteiger partial charge is 0.410 e. The second-order valence-corrected chi connectivity index (χ2v) is 11.6. The molecule has 1 aromatic carbocycles. The van der Waals surface area contributed by atoms with E-state index in [1.807, 2.05) is 31.7 Å². The number of nitrogens with zero attached hydrogens (tertiary/aromatic N) is 5. The molecule has 1 saturated heterocycles. The van der Waals surface area contributed by atoms with Gasteiger partial charge in [0.2, 0.25) is 0 Å². The number of aromatic nitrogens is 3. The SMILES string of the molecule is COCOc1cc(-c2cncc(OC)c2)c(F)cc1-c1ccc(N2CC[C@H](N(C(=O)OC(C)(C)C)C3CCC3)C2)nn1. The van der Waals surface area contributed by atoms with Gasteiger partial charge in [0.15, 0.2) is 12.6 Å². The van der Waals surface area contributed by atoms with E-state index in [1.165, 1.54) is 20.3 Å². The molecule has 10 nitrogen and oxygen atoms in total. The molecule has 0 unspecified atom stereocenters. The van der Waals surface area contributed by atoms with Gasteiger partial charge in [0, 0.05) is 49.1 Å². The number of hydrogen-bond donors (Lipinski definition) is 0. The lowest BCUT2D eigenvalue weighted by molar-refractivity contribution is -0.00351. The van der Waals surface area contributed by atoms with E-state index in [1.54, 1.807) is 30.6 Å². The topological polar surface area (TPSA) is 99.1 Å². The summed E-state index contributed by atoms with van der Waals surface area (Å²) in [4.78, 5) is 21.3. The molecule has 224 valence electrons. The molecule has 42 heavy (non-hydrogen) atoms. The minimum atomic E-state index is -0.549. The van der Waals surface area contributed by atoms with Crippen LogP contribution in [0.15, 0.2) is 42.7 Å². The third kappa shape index (κ3) is 6.56. The van der Waals surface area contributed by atoms with Crippen molar-refractivity contribution in [2.45, 2.75) is 64.1 Å². The van der Waals surface area contributed by atoms with Crippen LogP contribution in [-0.4, -0.2) is 78.0 Å². The van der Waals surface area contributed by atoms with Gasteiger partial charge in [-0.05, 0) is 76.8 Å². The van der Waals surface area contributed by atoms with Crippen LogP contribution in [0.3, 0.4) is 0 Å². The lowest BCUT2D eigenvalue weighted by Gasteiger charge is -2.41. The molecule has 0 N–H and O–H groups in total. The van der Waals surface area contributed by atoms with E-state index < -0.39 is 11.4 Å². The Morgan fingerprint density at radius 3 is 2.50 bits per heavy atom. The molecule has 0 radical (unpaired) electrons. The molecule has 0 spiro atoms. The molecule has 1 saturated carbocycles. The van der Waals surface area contributed by atoms with Crippen molar-refractivity contribution in [3.8, 4) is 33.9 Å². The summed E-state index contributed by atoms with van der Waals surface area (Å²) in [5.41, 5.74) is 1.22. The van der Waals surface area contributed by atoms with Gasteiger partial charge in [-0.1, -0.05) is 0 Å². The van der Waals surface area contributed by atoms with Crippen molar-refractivity contribution in [3.63, 3.8) is 0 Å². The Morgan fingerprint density at radius 1 is 1.05 bits per heavy atom. The van der Waals surface area contributed by atoms with Crippen LogP contribution in [0.25, 0.3) is 22.4 Å². The van der Waals surface area contributed by atoms with E-state index in [-0.39, 0.29) is 25.0 Å². The number of carbonyl (C=O) groups is 1. The second-order valence-electron chi connectivity index (χ2n) is 11.6. The molecule has 2 fully saturated rings. The van der Waals surface area contributed by atoms with Gasteiger partial charge < -0.3 is 28.7 Å². The quantitative estimate of drug-likeness (QED) is 0.296. The Hall–Kier alpha value is -3.99. The number of halogens is 1. The van der Waals surface area contributed by atoms with E-state index in [2.05, 4.69) is 20.1 Å². The monoisotopic (exact) mass is 579 g/mol. The zero-order valence-electron chi connectivity index (χ0n) is 24.8. The fraction of sp³-hybridized carbons (Fsp3) is 0.484. The number of hydrogen-bond acceptors (Lipinski definition) is 9. The lowest BCUT2D eigenvalue weighted by atomic mass is 9.90. The highest BCUT2D eigenvalue weighted by molar-refractivity contribution is 5.75. The van der Waals surface area contributed by atoms with Gasteiger partial charge in [-0.15, -0.1) is 10.2 Å². The minimum absolute atomic E-state index is 0.0236.